The molecule has 0 nitrogen and oxygen atoms in total. The molecule has 2 rings (SSSR count). The number of halogens is 1. The summed E-state index contributed by atoms with van der Waals surface area (Å²) in [6, 6.07) is 9.58. The van der Waals surface area contributed by atoms with Crippen molar-refractivity contribution < 1.29 is 4.39 Å². The Kier molecular flexibility index (Phi) is 3.01. The molecule has 0 aliphatic heterocycles. The number of hydrogen-bond donors (Lipinski definition) is 0. The molecular formula is C16H17F. The fraction of sp³-hybridized carbons (Fsp3) is 0.250. The molecule has 0 spiro atoms. The van der Waals surface area contributed by atoms with Crippen LogP contribution >= 0.6 is 0 Å². The van der Waals surface area contributed by atoms with Crippen LogP contribution in [0.3, 0.4) is 0 Å². The Morgan fingerprint density at radius 3 is 1.82 bits per heavy atom. The van der Waals surface area contributed by atoms with Gasteiger partial charge in [-0.05, 0) is 73.2 Å². The Morgan fingerprint density at radius 2 is 1.29 bits per heavy atom. The zero-order valence-corrected chi connectivity index (χ0v) is 10.8. The number of rotatable bonds is 1. The van der Waals surface area contributed by atoms with E-state index < -0.39 is 0 Å². The molecule has 2 aromatic rings. The molecule has 0 aromatic heterocycles. The summed E-state index contributed by atoms with van der Waals surface area (Å²) in [5, 5.41) is 0. The van der Waals surface area contributed by atoms with Gasteiger partial charge in [0.2, 0.25) is 0 Å². The highest BCUT2D eigenvalue weighted by atomic mass is 19.1. The van der Waals surface area contributed by atoms with Crippen molar-refractivity contribution >= 4 is 0 Å². The maximum absolute atomic E-state index is 13.3. The van der Waals surface area contributed by atoms with E-state index in [-0.39, 0.29) is 5.82 Å². The second kappa shape index (κ2) is 4.33. The Labute approximate surface area is 102 Å². The van der Waals surface area contributed by atoms with Crippen LogP contribution in [0.4, 0.5) is 4.39 Å². The molecule has 0 saturated heterocycles. The first-order valence-corrected chi connectivity index (χ1v) is 5.83. The molecule has 0 bridgehead atoms. The summed E-state index contributed by atoms with van der Waals surface area (Å²) in [6.07, 6.45) is 0. The first kappa shape index (κ1) is 11.8. The van der Waals surface area contributed by atoms with Gasteiger partial charge in [-0.25, -0.2) is 4.39 Å². The molecule has 0 amide bonds. The Bertz CT molecular complexity index is 545. The molecule has 0 saturated carbocycles. The third-order valence-electron chi connectivity index (χ3n) is 3.29. The Morgan fingerprint density at radius 1 is 0.706 bits per heavy atom. The van der Waals surface area contributed by atoms with Crippen LogP contribution in [0.2, 0.25) is 0 Å². The van der Waals surface area contributed by atoms with Crippen molar-refractivity contribution in [3.63, 3.8) is 0 Å². The van der Waals surface area contributed by atoms with Gasteiger partial charge in [0, 0.05) is 0 Å². The van der Waals surface area contributed by atoms with Gasteiger partial charge < -0.3 is 0 Å². The van der Waals surface area contributed by atoms with E-state index in [2.05, 4.69) is 32.0 Å². The van der Waals surface area contributed by atoms with Crippen molar-refractivity contribution in [2.24, 2.45) is 0 Å². The van der Waals surface area contributed by atoms with Gasteiger partial charge in [0.05, 0.1) is 0 Å². The summed E-state index contributed by atoms with van der Waals surface area (Å²) < 4.78 is 13.3. The maximum atomic E-state index is 13.3. The molecule has 0 N–H and O–H groups in total. The van der Waals surface area contributed by atoms with Crippen molar-refractivity contribution in [1.82, 2.24) is 0 Å². The minimum absolute atomic E-state index is 0.160. The minimum atomic E-state index is -0.160. The highest BCUT2D eigenvalue weighted by molar-refractivity contribution is 5.71. The molecule has 1 heteroatoms. The van der Waals surface area contributed by atoms with Crippen molar-refractivity contribution in [3.8, 4) is 11.1 Å². The van der Waals surface area contributed by atoms with Gasteiger partial charge in [0.1, 0.15) is 5.82 Å². The maximum Gasteiger partial charge on any atom is 0.123 e. The normalized spacial score (nSPS) is 10.6. The lowest BCUT2D eigenvalue weighted by Gasteiger charge is -2.12. The fourth-order valence-corrected chi connectivity index (χ4v) is 2.26. The predicted molar refractivity (Wildman–Crippen MR) is 70.8 cm³/mol. The van der Waals surface area contributed by atoms with Crippen molar-refractivity contribution in [3.05, 3.63) is 58.4 Å². The molecule has 88 valence electrons. The molecule has 0 fully saturated rings. The second-order valence-corrected chi connectivity index (χ2v) is 4.71. The number of benzene rings is 2. The first-order valence-electron chi connectivity index (χ1n) is 5.83. The van der Waals surface area contributed by atoms with Crippen molar-refractivity contribution in [1.29, 1.82) is 0 Å². The van der Waals surface area contributed by atoms with E-state index in [0.717, 1.165) is 16.7 Å². The second-order valence-electron chi connectivity index (χ2n) is 4.71. The van der Waals surface area contributed by atoms with Crippen LogP contribution in [0.1, 0.15) is 22.3 Å². The summed E-state index contributed by atoms with van der Waals surface area (Å²) in [6.45, 7) is 8.12. The fourth-order valence-electron chi connectivity index (χ4n) is 2.26. The lowest BCUT2D eigenvalue weighted by molar-refractivity contribution is 0.625. The van der Waals surface area contributed by atoms with Crippen molar-refractivity contribution in [2.45, 2.75) is 27.7 Å². The molecule has 0 heterocycles. The van der Waals surface area contributed by atoms with Crippen LogP contribution in [-0.2, 0) is 0 Å². The van der Waals surface area contributed by atoms with Crippen LogP contribution in [-0.4, -0.2) is 0 Å². The predicted octanol–water partition coefficient (Wildman–Crippen LogP) is 4.73. The van der Waals surface area contributed by atoms with Gasteiger partial charge in [0.25, 0.3) is 0 Å². The van der Waals surface area contributed by atoms with Gasteiger partial charge in [-0.3, -0.25) is 0 Å². The van der Waals surface area contributed by atoms with Gasteiger partial charge in [0.15, 0.2) is 0 Å². The monoisotopic (exact) mass is 228 g/mol. The van der Waals surface area contributed by atoms with E-state index in [1.807, 2.05) is 13.8 Å². The minimum Gasteiger partial charge on any atom is -0.207 e. The van der Waals surface area contributed by atoms with Gasteiger partial charge in [-0.1, -0.05) is 18.2 Å². The van der Waals surface area contributed by atoms with Crippen LogP contribution in [0, 0.1) is 33.5 Å². The third-order valence-corrected chi connectivity index (χ3v) is 3.29. The van der Waals surface area contributed by atoms with E-state index in [0.29, 0.717) is 0 Å². The van der Waals surface area contributed by atoms with E-state index in [9.17, 15) is 4.39 Å². The van der Waals surface area contributed by atoms with E-state index in [1.165, 1.54) is 16.7 Å². The molecule has 0 aliphatic carbocycles. The molecule has 0 radical (unpaired) electrons. The Balaban J connectivity index is 2.64. The lowest BCUT2D eigenvalue weighted by Crippen LogP contribution is -1.92. The highest BCUT2D eigenvalue weighted by Gasteiger charge is 2.08. The van der Waals surface area contributed by atoms with E-state index in [4.69, 9.17) is 0 Å². The Hall–Kier alpha value is -1.63. The van der Waals surface area contributed by atoms with Crippen molar-refractivity contribution in [2.75, 3.05) is 0 Å². The summed E-state index contributed by atoms with van der Waals surface area (Å²) >= 11 is 0. The zero-order chi connectivity index (χ0) is 12.6. The smallest absolute Gasteiger partial charge is 0.123 e. The molecule has 0 aliphatic rings. The first-order chi connectivity index (χ1) is 7.99. The quantitative estimate of drug-likeness (QED) is 0.662. The van der Waals surface area contributed by atoms with E-state index in [1.54, 1.807) is 12.1 Å². The topological polar surface area (TPSA) is 0 Å². The third kappa shape index (κ3) is 2.23. The average Bonchev–Trinajstić information content (AvgIpc) is 2.21. The largest absolute Gasteiger partial charge is 0.207 e. The van der Waals surface area contributed by atoms with Gasteiger partial charge in [-0.2, -0.15) is 0 Å². The molecule has 0 atom stereocenters. The van der Waals surface area contributed by atoms with Gasteiger partial charge in [-0.15, -0.1) is 0 Å². The average molecular weight is 228 g/mol. The van der Waals surface area contributed by atoms with Gasteiger partial charge >= 0.3 is 0 Å². The lowest BCUT2D eigenvalue weighted by atomic mass is 9.93. The summed E-state index contributed by atoms with van der Waals surface area (Å²) in [5.74, 6) is -0.160. The number of hydrogen-bond acceptors (Lipinski definition) is 0. The summed E-state index contributed by atoms with van der Waals surface area (Å²) in [5.41, 5.74) is 6.85. The summed E-state index contributed by atoms with van der Waals surface area (Å²) in [4.78, 5) is 0. The highest BCUT2D eigenvalue weighted by Crippen LogP contribution is 2.29. The summed E-state index contributed by atoms with van der Waals surface area (Å²) in [7, 11) is 0. The molecular weight excluding hydrogens is 211 g/mol. The van der Waals surface area contributed by atoms with Crippen LogP contribution < -0.4 is 0 Å². The van der Waals surface area contributed by atoms with Crippen LogP contribution in [0.5, 0.6) is 0 Å². The molecule has 2 aromatic carbocycles. The number of aryl methyl sites for hydroxylation is 4. The molecule has 0 unspecified atom stereocenters. The SMILES string of the molecule is Cc1ccc(-c2c(C)cc(F)cc2C)cc1C. The molecule has 17 heavy (non-hydrogen) atoms. The van der Waals surface area contributed by atoms with Crippen LogP contribution in [0.15, 0.2) is 30.3 Å². The zero-order valence-electron chi connectivity index (χ0n) is 10.8. The van der Waals surface area contributed by atoms with Crippen LogP contribution in [0.25, 0.3) is 11.1 Å². The standard InChI is InChI=1S/C16H17F/c1-10-5-6-14(7-11(10)2)16-12(3)8-15(17)9-13(16)4/h5-9H,1-4H3. The van der Waals surface area contributed by atoms with E-state index >= 15 is 0 Å².